The Labute approximate surface area is 113 Å². The number of rotatable bonds is 4. The number of nitrogens with zero attached hydrogens (tertiary/aromatic N) is 1. The number of hydrogen-bond acceptors (Lipinski definition) is 4. The van der Waals surface area contributed by atoms with Crippen LogP contribution >= 0.6 is 23.1 Å². The molecule has 1 aliphatic heterocycles. The van der Waals surface area contributed by atoms with Crippen molar-refractivity contribution in [3.63, 3.8) is 0 Å². The van der Waals surface area contributed by atoms with Crippen LogP contribution in [0.3, 0.4) is 0 Å². The first-order valence-electron chi connectivity index (χ1n) is 6.42. The van der Waals surface area contributed by atoms with Gasteiger partial charge in [-0.2, -0.15) is 11.8 Å². The molecule has 96 valence electrons. The Morgan fingerprint density at radius 2 is 2.24 bits per heavy atom. The van der Waals surface area contributed by atoms with Gasteiger partial charge in [0.15, 0.2) is 0 Å². The molecule has 2 atom stereocenters. The molecule has 2 heterocycles. The number of thioether (sulfide) groups is 1. The number of aryl methyl sites for hydroxylation is 2. The molecular formula is C13H22N2S2. The summed E-state index contributed by atoms with van der Waals surface area (Å²) in [6.07, 6.45) is 5.24. The number of aromatic nitrogens is 1. The first kappa shape index (κ1) is 13.4. The minimum atomic E-state index is 0.588. The fourth-order valence-corrected chi connectivity index (χ4v) is 4.78. The Morgan fingerprint density at radius 1 is 1.41 bits per heavy atom. The Hall–Kier alpha value is -0.0600. The normalized spacial score (nSPS) is 22.6. The highest BCUT2D eigenvalue weighted by Gasteiger charge is 2.24. The van der Waals surface area contributed by atoms with Crippen LogP contribution in [0.4, 0.5) is 0 Å². The lowest BCUT2D eigenvalue weighted by Gasteiger charge is -2.29. The van der Waals surface area contributed by atoms with Crippen molar-refractivity contribution in [3.05, 3.63) is 15.6 Å². The van der Waals surface area contributed by atoms with E-state index in [0.29, 0.717) is 6.04 Å². The zero-order valence-corrected chi connectivity index (χ0v) is 12.6. The predicted molar refractivity (Wildman–Crippen MR) is 78.2 cm³/mol. The summed E-state index contributed by atoms with van der Waals surface area (Å²) in [6.45, 7) is 4.28. The Morgan fingerprint density at radius 3 is 2.76 bits per heavy atom. The predicted octanol–water partition coefficient (Wildman–Crippen LogP) is 3.18. The number of nitrogens with one attached hydrogen (secondary N) is 1. The topological polar surface area (TPSA) is 24.9 Å². The Bertz CT molecular complexity index is 337. The van der Waals surface area contributed by atoms with Crippen LogP contribution in [-0.4, -0.2) is 29.1 Å². The highest BCUT2D eigenvalue weighted by Crippen LogP contribution is 2.29. The zero-order valence-electron chi connectivity index (χ0n) is 11.0. The fourth-order valence-electron chi connectivity index (χ4n) is 2.32. The van der Waals surface area contributed by atoms with Gasteiger partial charge in [0.1, 0.15) is 0 Å². The molecule has 1 fully saturated rings. The van der Waals surface area contributed by atoms with Crippen LogP contribution < -0.4 is 5.32 Å². The van der Waals surface area contributed by atoms with Crippen LogP contribution in [0.1, 0.15) is 34.8 Å². The van der Waals surface area contributed by atoms with Crippen LogP contribution in [0.15, 0.2) is 0 Å². The van der Waals surface area contributed by atoms with Gasteiger partial charge in [0.25, 0.3) is 0 Å². The summed E-state index contributed by atoms with van der Waals surface area (Å²) in [4.78, 5) is 6.03. The average molecular weight is 270 g/mol. The second kappa shape index (κ2) is 6.21. The fraction of sp³-hybridized carbons (Fsp3) is 0.769. The van der Waals surface area contributed by atoms with Crippen LogP contribution in [0.2, 0.25) is 0 Å². The molecule has 17 heavy (non-hydrogen) atoms. The zero-order chi connectivity index (χ0) is 12.3. The van der Waals surface area contributed by atoms with Crippen molar-refractivity contribution in [1.29, 1.82) is 0 Å². The minimum Gasteiger partial charge on any atom is -0.315 e. The van der Waals surface area contributed by atoms with E-state index >= 15 is 0 Å². The largest absolute Gasteiger partial charge is 0.315 e. The van der Waals surface area contributed by atoms with Crippen molar-refractivity contribution in [3.8, 4) is 0 Å². The molecule has 2 rings (SSSR count). The maximum atomic E-state index is 4.66. The average Bonchev–Trinajstić information content (AvgIpc) is 2.67. The van der Waals surface area contributed by atoms with Crippen molar-refractivity contribution in [1.82, 2.24) is 10.3 Å². The van der Waals surface area contributed by atoms with Crippen LogP contribution in [0.25, 0.3) is 0 Å². The smallest absolute Gasteiger partial charge is 0.0946 e. The maximum Gasteiger partial charge on any atom is 0.0946 e. The lowest BCUT2D eigenvalue weighted by molar-refractivity contribution is 0.494. The highest BCUT2D eigenvalue weighted by atomic mass is 32.2. The molecule has 0 spiro atoms. The van der Waals surface area contributed by atoms with E-state index in [1.165, 1.54) is 40.6 Å². The van der Waals surface area contributed by atoms with Gasteiger partial charge < -0.3 is 5.32 Å². The van der Waals surface area contributed by atoms with Crippen molar-refractivity contribution in [2.75, 3.05) is 12.8 Å². The summed E-state index contributed by atoms with van der Waals surface area (Å²) in [7, 11) is 2.09. The molecule has 0 amide bonds. The van der Waals surface area contributed by atoms with E-state index in [9.17, 15) is 0 Å². The molecule has 4 heteroatoms. The third-order valence-corrected chi connectivity index (χ3v) is 6.11. The molecular weight excluding hydrogens is 248 g/mol. The molecule has 1 aliphatic rings. The summed E-state index contributed by atoms with van der Waals surface area (Å²) < 4.78 is 0. The summed E-state index contributed by atoms with van der Waals surface area (Å²) in [5, 5.41) is 5.57. The number of likely N-dealkylation sites (N-methyl/N-ethyl adjacent to an activating group) is 1. The molecule has 2 nitrogen and oxygen atoms in total. The van der Waals surface area contributed by atoms with E-state index in [1.54, 1.807) is 0 Å². The SMILES string of the molecule is CNC(Cc1nc(C)c(C)s1)C1CCCCS1. The van der Waals surface area contributed by atoms with Gasteiger partial charge in [0.2, 0.25) is 0 Å². The van der Waals surface area contributed by atoms with E-state index in [4.69, 9.17) is 0 Å². The van der Waals surface area contributed by atoms with Crippen molar-refractivity contribution in [2.24, 2.45) is 0 Å². The maximum absolute atomic E-state index is 4.66. The lowest BCUT2D eigenvalue weighted by atomic mass is 10.0. The van der Waals surface area contributed by atoms with Crippen molar-refractivity contribution >= 4 is 23.1 Å². The molecule has 1 N–H and O–H groups in total. The first-order chi connectivity index (χ1) is 8.20. The summed E-state index contributed by atoms with van der Waals surface area (Å²) in [5.41, 5.74) is 1.20. The van der Waals surface area contributed by atoms with Crippen molar-refractivity contribution < 1.29 is 0 Å². The van der Waals surface area contributed by atoms with E-state index < -0.39 is 0 Å². The van der Waals surface area contributed by atoms with Gasteiger partial charge in [0, 0.05) is 22.6 Å². The van der Waals surface area contributed by atoms with Crippen LogP contribution in [0, 0.1) is 13.8 Å². The van der Waals surface area contributed by atoms with E-state index in [0.717, 1.165) is 11.7 Å². The molecule has 2 unspecified atom stereocenters. The summed E-state index contributed by atoms with van der Waals surface area (Å²) in [5.74, 6) is 1.33. The van der Waals surface area contributed by atoms with Gasteiger partial charge in [0.05, 0.1) is 10.7 Å². The second-order valence-electron chi connectivity index (χ2n) is 4.75. The summed E-state index contributed by atoms with van der Waals surface area (Å²) >= 11 is 4.00. The quantitative estimate of drug-likeness (QED) is 0.909. The van der Waals surface area contributed by atoms with Gasteiger partial charge in [-0.05, 0) is 39.5 Å². The van der Waals surface area contributed by atoms with Gasteiger partial charge in [-0.15, -0.1) is 11.3 Å². The standard InChI is InChI=1S/C13H22N2S2/c1-9-10(2)17-13(15-9)8-11(14-3)12-6-4-5-7-16-12/h11-12,14H,4-8H2,1-3H3. The van der Waals surface area contributed by atoms with E-state index in [-0.39, 0.29) is 0 Å². The highest BCUT2D eigenvalue weighted by molar-refractivity contribution is 8.00. The van der Waals surface area contributed by atoms with Gasteiger partial charge in [-0.1, -0.05) is 6.42 Å². The molecule has 0 aromatic carbocycles. The molecule has 0 radical (unpaired) electrons. The monoisotopic (exact) mass is 270 g/mol. The van der Waals surface area contributed by atoms with E-state index in [2.05, 4.69) is 43.0 Å². The van der Waals surface area contributed by atoms with Gasteiger partial charge in [-0.25, -0.2) is 4.98 Å². The first-order valence-corrected chi connectivity index (χ1v) is 8.29. The molecule has 0 aliphatic carbocycles. The number of thiazole rings is 1. The third kappa shape index (κ3) is 3.46. The van der Waals surface area contributed by atoms with E-state index in [1.807, 2.05) is 11.3 Å². The van der Waals surface area contributed by atoms with Crippen molar-refractivity contribution in [2.45, 2.75) is 50.8 Å². The number of hydrogen-bond donors (Lipinski definition) is 1. The van der Waals surface area contributed by atoms with Gasteiger partial charge >= 0.3 is 0 Å². The molecule has 1 saturated heterocycles. The van der Waals surface area contributed by atoms with Crippen LogP contribution in [0.5, 0.6) is 0 Å². The summed E-state index contributed by atoms with van der Waals surface area (Å²) in [6, 6.07) is 0.588. The van der Waals surface area contributed by atoms with Gasteiger partial charge in [-0.3, -0.25) is 0 Å². The third-order valence-electron chi connectivity index (χ3n) is 3.50. The molecule has 0 saturated carbocycles. The van der Waals surface area contributed by atoms with Crippen LogP contribution in [-0.2, 0) is 6.42 Å². The second-order valence-corrected chi connectivity index (χ2v) is 7.39. The Balaban J connectivity index is 1.98. The Kier molecular flexibility index (Phi) is 4.88. The minimum absolute atomic E-state index is 0.588. The lowest BCUT2D eigenvalue weighted by Crippen LogP contribution is -2.38. The molecule has 1 aromatic rings. The molecule has 0 bridgehead atoms. The molecule has 1 aromatic heterocycles.